The van der Waals surface area contributed by atoms with Crippen molar-refractivity contribution in [2.24, 2.45) is 5.92 Å². The lowest BCUT2D eigenvalue weighted by Crippen LogP contribution is -2.29. The summed E-state index contributed by atoms with van der Waals surface area (Å²) in [5.41, 5.74) is 13.0. The first-order valence-electron chi connectivity index (χ1n) is 15.1. The second-order valence-corrected chi connectivity index (χ2v) is 12.0. The van der Waals surface area contributed by atoms with Crippen LogP contribution in [0, 0.1) is 19.8 Å². The SMILES string of the molecule is C=Cc1c(/C=C\C)n(-c2cccc(-c3cc(C)c(-n4ccnc4C4(C)C=CC(C)C(C)=C4C)c(C)c3)c2)c2ccncc12. The number of rotatable bonds is 6. The van der Waals surface area contributed by atoms with Gasteiger partial charge in [0.25, 0.3) is 0 Å². The number of fused-ring (bicyclic) bond motifs is 1. The summed E-state index contributed by atoms with van der Waals surface area (Å²) in [5, 5.41) is 1.10. The quantitative estimate of drug-likeness (QED) is 0.192. The summed E-state index contributed by atoms with van der Waals surface area (Å²) in [6.45, 7) is 19.6. The lowest BCUT2D eigenvalue weighted by Gasteiger charge is -2.34. The first-order valence-corrected chi connectivity index (χ1v) is 15.1. The Bertz CT molecular complexity index is 1950. The number of aromatic nitrogens is 4. The molecule has 1 aliphatic rings. The summed E-state index contributed by atoms with van der Waals surface area (Å²) in [7, 11) is 0. The molecule has 4 nitrogen and oxygen atoms in total. The molecule has 0 radical (unpaired) electrons. The number of hydrogen-bond acceptors (Lipinski definition) is 2. The Labute approximate surface area is 255 Å². The largest absolute Gasteiger partial charge is 0.309 e. The van der Waals surface area contributed by atoms with Gasteiger partial charge < -0.3 is 9.13 Å². The van der Waals surface area contributed by atoms with Gasteiger partial charge in [-0.05, 0) is 106 Å². The van der Waals surface area contributed by atoms with Crippen LogP contribution in [0.1, 0.15) is 62.8 Å². The van der Waals surface area contributed by atoms with E-state index in [0.717, 1.165) is 33.7 Å². The Morgan fingerprint density at radius 2 is 1.74 bits per heavy atom. The Balaban J connectivity index is 1.46. The van der Waals surface area contributed by atoms with Crippen molar-refractivity contribution in [2.45, 2.75) is 53.9 Å². The molecule has 0 saturated carbocycles. The van der Waals surface area contributed by atoms with Gasteiger partial charge in [-0.3, -0.25) is 4.98 Å². The summed E-state index contributed by atoms with van der Waals surface area (Å²) in [4.78, 5) is 9.32. The first-order chi connectivity index (χ1) is 20.7. The molecule has 3 heterocycles. The third kappa shape index (κ3) is 4.53. The van der Waals surface area contributed by atoms with Crippen LogP contribution in [0.2, 0.25) is 0 Å². The highest BCUT2D eigenvalue weighted by atomic mass is 15.1. The fraction of sp³-hybridized carbons (Fsp3) is 0.231. The van der Waals surface area contributed by atoms with Crippen molar-refractivity contribution >= 4 is 23.1 Å². The van der Waals surface area contributed by atoms with E-state index in [0.29, 0.717) is 5.92 Å². The molecule has 1 aliphatic carbocycles. The number of aryl methyl sites for hydroxylation is 2. The molecule has 3 aromatic heterocycles. The molecule has 4 heteroatoms. The third-order valence-corrected chi connectivity index (χ3v) is 9.42. The van der Waals surface area contributed by atoms with E-state index in [9.17, 15) is 0 Å². The molecule has 0 aliphatic heterocycles. The average Bonchev–Trinajstić information content (AvgIpc) is 3.61. The summed E-state index contributed by atoms with van der Waals surface area (Å²) in [5.74, 6) is 1.51. The Morgan fingerprint density at radius 3 is 2.47 bits per heavy atom. The Kier molecular flexibility index (Phi) is 7.17. The maximum absolute atomic E-state index is 4.92. The molecule has 0 fully saturated rings. The second-order valence-electron chi connectivity index (χ2n) is 12.0. The van der Waals surface area contributed by atoms with Crippen LogP contribution in [0.5, 0.6) is 0 Å². The highest BCUT2D eigenvalue weighted by molar-refractivity contribution is 5.94. The van der Waals surface area contributed by atoms with Crippen LogP contribution in [-0.2, 0) is 5.41 Å². The van der Waals surface area contributed by atoms with Gasteiger partial charge in [0.1, 0.15) is 5.82 Å². The molecule has 0 bridgehead atoms. The highest BCUT2D eigenvalue weighted by Gasteiger charge is 2.35. The summed E-state index contributed by atoms with van der Waals surface area (Å²) in [6.07, 6.45) is 18.6. The van der Waals surface area contributed by atoms with Crippen LogP contribution in [0.25, 0.3) is 45.6 Å². The van der Waals surface area contributed by atoms with Crippen LogP contribution in [0.4, 0.5) is 0 Å². The fourth-order valence-corrected chi connectivity index (χ4v) is 6.79. The van der Waals surface area contributed by atoms with Gasteiger partial charge in [0.15, 0.2) is 0 Å². The van der Waals surface area contributed by atoms with Crippen molar-refractivity contribution in [1.29, 1.82) is 0 Å². The smallest absolute Gasteiger partial charge is 0.127 e. The monoisotopic (exact) mass is 564 g/mol. The molecule has 2 aromatic carbocycles. The molecule has 2 atom stereocenters. The Morgan fingerprint density at radius 1 is 0.977 bits per heavy atom. The number of nitrogens with zero attached hydrogens (tertiary/aromatic N) is 4. The van der Waals surface area contributed by atoms with Gasteiger partial charge in [-0.15, -0.1) is 0 Å². The standard InChI is InChI=1S/C39H40N4/c1-9-12-35-33(10-2)34-24-40-18-16-36(34)43(35)32-14-11-13-30(23-32)31-21-26(4)37(27(5)22-31)42-20-19-41-38(42)39(8)17-15-25(3)28(6)29(39)7/h9-25H,2H2,1,3-8H3/b12-9-. The van der Waals surface area contributed by atoms with Crippen molar-refractivity contribution in [3.05, 3.63) is 131 Å². The first kappa shape index (κ1) is 28.4. The van der Waals surface area contributed by atoms with Gasteiger partial charge in [0.2, 0.25) is 0 Å². The van der Waals surface area contributed by atoms with Crippen molar-refractivity contribution in [3.63, 3.8) is 0 Å². The van der Waals surface area contributed by atoms with E-state index < -0.39 is 0 Å². The lowest BCUT2D eigenvalue weighted by atomic mass is 9.73. The summed E-state index contributed by atoms with van der Waals surface area (Å²) >= 11 is 0. The van der Waals surface area contributed by atoms with Crippen LogP contribution in [-0.4, -0.2) is 19.1 Å². The topological polar surface area (TPSA) is 35.6 Å². The second kappa shape index (κ2) is 10.9. The zero-order valence-corrected chi connectivity index (χ0v) is 26.3. The fourth-order valence-electron chi connectivity index (χ4n) is 6.79. The minimum Gasteiger partial charge on any atom is -0.309 e. The number of hydrogen-bond donors (Lipinski definition) is 0. The van der Waals surface area contributed by atoms with Gasteiger partial charge in [0.05, 0.1) is 22.3 Å². The maximum atomic E-state index is 4.92. The predicted octanol–water partition coefficient (Wildman–Crippen LogP) is 9.97. The van der Waals surface area contributed by atoms with E-state index in [1.165, 1.54) is 39.1 Å². The van der Waals surface area contributed by atoms with Gasteiger partial charge in [-0.2, -0.15) is 0 Å². The van der Waals surface area contributed by atoms with Gasteiger partial charge in [0, 0.05) is 41.4 Å². The van der Waals surface area contributed by atoms with E-state index in [2.05, 4.69) is 135 Å². The van der Waals surface area contributed by atoms with E-state index in [1.54, 1.807) is 0 Å². The third-order valence-electron chi connectivity index (χ3n) is 9.42. The van der Waals surface area contributed by atoms with E-state index in [-0.39, 0.29) is 5.41 Å². The molecule has 2 unspecified atom stereocenters. The Hall–Kier alpha value is -4.70. The number of imidazole rings is 1. The van der Waals surface area contributed by atoms with E-state index in [4.69, 9.17) is 4.98 Å². The van der Waals surface area contributed by atoms with Crippen LogP contribution >= 0.6 is 0 Å². The zero-order valence-electron chi connectivity index (χ0n) is 26.3. The van der Waals surface area contributed by atoms with Crippen LogP contribution in [0.15, 0.2) is 103 Å². The van der Waals surface area contributed by atoms with Crippen molar-refractivity contribution < 1.29 is 0 Å². The normalized spacial score (nSPS) is 18.7. The van der Waals surface area contributed by atoms with Crippen molar-refractivity contribution in [1.82, 2.24) is 19.1 Å². The molecule has 216 valence electrons. The molecule has 5 aromatic rings. The lowest BCUT2D eigenvalue weighted by molar-refractivity contribution is 0.589. The van der Waals surface area contributed by atoms with Crippen LogP contribution in [0.3, 0.4) is 0 Å². The molecule has 43 heavy (non-hydrogen) atoms. The number of pyridine rings is 1. The molecule has 0 amide bonds. The van der Waals surface area contributed by atoms with Gasteiger partial charge >= 0.3 is 0 Å². The molecular formula is C39H40N4. The molecule has 0 N–H and O–H groups in total. The number of allylic oxidation sites excluding steroid dienone is 5. The highest BCUT2D eigenvalue weighted by Crippen LogP contribution is 2.42. The van der Waals surface area contributed by atoms with E-state index in [1.807, 2.05) is 31.6 Å². The summed E-state index contributed by atoms with van der Waals surface area (Å²) < 4.78 is 4.60. The number of benzene rings is 2. The minimum absolute atomic E-state index is 0.254. The molecular weight excluding hydrogens is 524 g/mol. The van der Waals surface area contributed by atoms with Crippen molar-refractivity contribution in [2.75, 3.05) is 0 Å². The van der Waals surface area contributed by atoms with Crippen molar-refractivity contribution in [3.8, 4) is 22.5 Å². The molecule has 0 spiro atoms. The molecule has 6 rings (SSSR count). The zero-order chi connectivity index (χ0) is 30.5. The minimum atomic E-state index is -0.254. The van der Waals surface area contributed by atoms with Gasteiger partial charge in [-0.1, -0.05) is 61.1 Å². The average molecular weight is 565 g/mol. The van der Waals surface area contributed by atoms with Gasteiger partial charge in [-0.25, -0.2) is 4.98 Å². The van der Waals surface area contributed by atoms with Crippen LogP contribution < -0.4 is 0 Å². The molecule has 0 saturated heterocycles. The summed E-state index contributed by atoms with van der Waals surface area (Å²) in [6, 6.07) is 15.5. The predicted molar refractivity (Wildman–Crippen MR) is 182 cm³/mol. The maximum Gasteiger partial charge on any atom is 0.127 e. The van der Waals surface area contributed by atoms with E-state index >= 15 is 0 Å².